The summed E-state index contributed by atoms with van der Waals surface area (Å²) < 4.78 is 53.7. The molecule has 0 amide bonds. The topological polar surface area (TPSA) is 115 Å². The van der Waals surface area contributed by atoms with E-state index in [-0.39, 0.29) is 18.1 Å². The van der Waals surface area contributed by atoms with Crippen molar-refractivity contribution in [1.82, 2.24) is 9.55 Å². The Bertz CT molecular complexity index is 1620. The zero-order valence-electron chi connectivity index (χ0n) is 19.7. The summed E-state index contributed by atoms with van der Waals surface area (Å²) in [6.07, 6.45) is 2.83. The van der Waals surface area contributed by atoms with E-state index in [1.54, 1.807) is 19.1 Å². The van der Waals surface area contributed by atoms with Gasteiger partial charge in [0.15, 0.2) is 5.69 Å². The summed E-state index contributed by atoms with van der Waals surface area (Å²) in [6.45, 7) is 1.91. The molecule has 1 fully saturated rings. The Morgan fingerprint density at radius 1 is 1.16 bits per heavy atom. The third-order valence-corrected chi connectivity index (χ3v) is 8.35. The molecule has 7 nitrogen and oxygen atoms in total. The van der Waals surface area contributed by atoms with Crippen molar-refractivity contribution in [1.29, 1.82) is 0 Å². The van der Waals surface area contributed by atoms with Crippen LogP contribution in [0.3, 0.4) is 0 Å². The molecule has 1 aliphatic carbocycles. The van der Waals surface area contributed by atoms with E-state index in [0.29, 0.717) is 27.8 Å². The fourth-order valence-corrected chi connectivity index (χ4v) is 5.93. The zero-order valence-corrected chi connectivity index (χ0v) is 21.4. The average molecular weight is 544 g/mol. The number of nitrogens with two attached hydrogens (primary N) is 1. The molecule has 0 bridgehead atoms. The minimum absolute atomic E-state index is 0.00546. The first-order valence-electron chi connectivity index (χ1n) is 11.5. The van der Waals surface area contributed by atoms with Crippen LogP contribution >= 0.6 is 11.3 Å². The average Bonchev–Trinajstić information content (AvgIpc) is 3.46. The van der Waals surface area contributed by atoms with Crippen LogP contribution in [0, 0.1) is 24.5 Å². The Morgan fingerprint density at radius 3 is 2.43 bits per heavy atom. The molecule has 1 aliphatic rings. The molecule has 0 spiro atoms. The minimum atomic E-state index is -4.21. The van der Waals surface area contributed by atoms with Crippen LogP contribution in [-0.2, 0) is 23.0 Å². The second-order valence-corrected chi connectivity index (χ2v) is 11.9. The highest BCUT2D eigenvalue weighted by atomic mass is 32.2. The summed E-state index contributed by atoms with van der Waals surface area (Å²) in [5.41, 5.74) is 3.63. The van der Waals surface area contributed by atoms with Crippen LogP contribution in [0.15, 0.2) is 53.4 Å². The first-order chi connectivity index (χ1) is 17.5. The third kappa shape index (κ3) is 5.20. The van der Waals surface area contributed by atoms with Crippen LogP contribution in [0.5, 0.6) is 0 Å². The number of rotatable bonds is 8. The van der Waals surface area contributed by atoms with Gasteiger partial charge < -0.3 is 9.67 Å². The molecule has 37 heavy (non-hydrogen) atoms. The van der Waals surface area contributed by atoms with E-state index >= 15 is 0 Å². The van der Waals surface area contributed by atoms with Crippen molar-refractivity contribution in [3.05, 3.63) is 82.0 Å². The monoisotopic (exact) mass is 543 g/mol. The smallest absolute Gasteiger partial charge is 0.355 e. The fourth-order valence-electron chi connectivity index (χ4n) is 4.40. The molecule has 2 aromatic heterocycles. The summed E-state index contributed by atoms with van der Waals surface area (Å²) in [5, 5.41) is 15.2. The number of aryl methyl sites for hydroxylation is 1. The maximum atomic E-state index is 14.7. The van der Waals surface area contributed by atoms with Crippen LogP contribution in [-0.4, -0.2) is 29.0 Å². The van der Waals surface area contributed by atoms with Crippen LogP contribution in [0.4, 0.5) is 8.78 Å². The first kappa shape index (κ1) is 25.2. The van der Waals surface area contributed by atoms with E-state index in [9.17, 15) is 27.1 Å². The molecule has 1 saturated carbocycles. The molecule has 0 atom stereocenters. The number of hydrogen-bond donors (Lipinski definition) is 2. The molecule has 0 saturated heterocycles. The lowest BCUT2D eigenvalue weighted by Gasteiger charge is -2.15. The van der Waals surface area contributed by atoms with Gasteiger partial charge in [-0.15, -0.1) is 11.3 Å². The summed E-state index contributed by atoms with van der Waals surface area (Å²) in [6, 6.07) is 11.7. The number of hydrogen-bond acceptors (Lipinski definition) is 5. The van der Waals surface area contributed by atoms with Gasteiger partial charge in [0.25, 0.3) is 0 Å². The molecular weight excluding hydrogens is 520 g/mol. The van der Waals surface area contributed by atoms with E-state index < -0.39 is 26.7 Å². The molecule has 0 radical (unpaired) electrons. The summed E-state index contributed by atoms with van der Waals surface area (Å²) in [7, 11) is -4.21. The minimum Gasteiger partial charge on any atom is -0.476 e. The second-order valence-electron chi connectivity index (χ2n) is 9.17. The number of carboxylic acids is 1. The molecule has 2 aromatic carbocycles. The van der Waals surface area contributed by atoms with E-state index in [0.717, 1.165) is 47.5 Å². The predicted octanol–water partition coefficient (Wildman–Crippen LogP) is 5.21. The van der Waals surface area contributed by atoms with Gasteiger partial charge in [-0.2, -0.15) is 0 Å². The van der Waals surface area contributed by atoms with E-state index in [1.165, 1.54) is 29.5 Å². The van der Waals surface area contributed by atoms with Gasteiger partial charge in [-0.05, 0) is 85.7 Å². The molecule has 0 unspecified atom stereocenters. The number of carboxylic acid groups (broad SMARTS) is 1. The summed E-state index contributed by atoms with van der Waals surface area (Å²) >= 11 is 1.28. The number of carbonyl (C=O) groups is 1. The Hall–Kier alpha value is -3.41. The van der Waals surface area contributed by atoms with Gasteiger partial charge in [-0.25, -0.2) is 32.1 Å². The third-order valence-electron chi connectivity index (χ3n) is 6.40. The zero-order chi connectivity index (χ0) is 26.5. The van der Waals surface area contributed by atoms with Gasteiger partial charge in [0.2, 0.25) is 10.0 Å². The van der Waals surface area contributed by atoms with Gasteiger partial charge >= 0.3 is 5.97 Å². The van der Waals surface area contributed by atoms with Crippen LogP contribution in [0.1, 0.15) is 39.5 Å². The molecule has 3 N–H and O–H groups in total. The number of benzene rings is 2. The van der Waals surface area contributed by atoms with Crippen molar-refractivity contribution in [3.8, 4) is 21.8 Å². The number of primary sulfonamides is 1. The highest BCUT2D eigenvalue weighted by Gasteiger charge is 2.29. The number of sulfonamides is 1. The van der Waals surface area contributed by atoms with Gasteiger partial charge in [0.1, 0.15) is 21.5 Å². The maximum absolute atomic E-state index is 14.7. The lowest BCUT2D eigenvalue weighted by molar-refractivity contribution is 0.0690. The molecule has 5 rings (SSSR count). The lowest BCUT2D eigenvalue weighted by atomic mass is 10.1. The normalized spacial score (nSPS) is 13.7. The lowest BCUT2D eigenvalue weighted by Crippen LogP contribution is -2.14. The predicted molar refractivity (Wildman–Crippen MR) is 136 cm³/mol. The van der Waals surface area contributed by atoms with Crippen molar-refractivity contribution in [2.75, 3.05) is 0 Å². The van der Waals surface area contributed by atoms with Crippen molar-refractivity contribution in [2.45, 2.75) is 37.6 Å². The van der Waals surface area contributed by atoms with Crippen molar-refractivity contribution in [2.24, 2.45) is 11.1 Å². The molecular formula is C26H23F2N3O4S2. The largest absolute Gasteiger partial charge is 0.476 e. The van der Waals surface area contributed by atoms with Crippen molar-refractivity contribution < 1.29 is 27.1 Å². The molecule has 0 aliphatic heterocycles. The van der Waals surface area contributed by atoms with Gasteiger partial charge in [-0.1, -0.05) is 6.07 Å². The Balaban J connectivity index is 1.69. The maximum Gasteiger partial charge on any atom is 0.355 e. The van der Waals surface area contributed by atoms with Crippen LogP contribution in [0.2, 0.25) is 0 Å². The van der Waals surface area contributed by atoms with E-state index in [2.05, 4.69) is 4.98 Å². The van der Waals surface area contributed by atoms with Gasteiger partial charge in [-0.3, -0.25) is 0 Å². The van der Waals surface area contributed by atoms with Gasteiger partial charge in [0.05, 0.1) is 0 Å². The highest BCUT2D eigenvalue weighted by molar-refractivity contribution is 7.89. The first-order valence-corrected chi connectivity index (χ1v) is 13.9. The molecule has 11 heteroatoms. The standard InChI is InChI=1S/C26H23F2N3O4S2/c1-14-24(26(32)33)30-25(36-14)19-12-21(17-5-7-18(27)8-6-17)31(22(19)11-15-2-3-15)13-16-4-9-23(20(28)10-16)37(29,34)35/h4-10,12,15H,2-3,11,13H2,1H3,(H,32,33)(H2,29,34,35). The number of aromatic carboxylic acids is 1. The highest BCUT2D eigenvalue weighted by Crippen LogP contribution is 2.41. The van der Waals surface area contributed by atoms with Crippen molar-refractivity contribution in [3.63, 3.8) is 0 Å². The molecule has 192 valence electrons. The number of thiazole rings is 1. The number of aromatic nitrogens is 2. The fraction of sp³-hybridized carbons (Fsp3) is 0.231. The van der Waals surface area contributed by atoms with E-state index in [4.69, 9.17) is 5.14 Å². The Morgan fingerprint density at radius 2 is 1.86 bits per heavy atom. The SMILES string of the molecule is Cc1sc(-c2cc(-c3ccc(F)cc3)n(Cc3ccc(S(N)(=O)=O)c(F)c3)c2CC2CC2)nc1C(=O)O. The summed E-state index contributed by atoms with van der Waals surface area (Å²) in [5.74, 6) is -1.98. The number of nitrogens with zero attached hydrogens (tertiary/aromatic N) is 2. The summed E-state index contributed by atoms with van der Waals surface area (Å²) in [4.78, 5) is 16.0. The number of halogens is 2. The van der Waals surface area contributed by atoms with E-state index in [1.807, 2.05) is 10.6 Å². The van der Waals surface area contributed by atoms with Gasteiger partial charge in [0, 0.05) is 28.4 Å². The Labute approximate surface area is 216 Å². The van der Waals surface area contributed by atoms with Crippen molar-refractivity contribution >= 4 is 27.3 Å². The molecule has 2 heterocycles. The molecule has 4 aromatic rings. The van der Waals surface area contributed by atoms with Crippen LogP contribution < -0.4 is 5.14 Å². The Kier molecular flexibility index (Phi) is 6.47. The van der Waals surface area contributed by atoms with Crippen LogP contribution in [0.25, 0.3) is 21.8 Å². The second kappa shape index (κ2) is 9.47. The quantitative estimate of drug-likeness (QED) is 0.317.